The Morgan fingerprint density at radius 2 is 1.95 bits per heavy atom. The van der Waals surface area contributed by atoms with Gasteiger partial charge in [-0.3, -0.25) is 0 Å². The summed E-state index contributed by atoms with van der Waals surface area (Å²) in [6, 6.07) is 3.75. The first-order valence-electron chi connectivity index (χ1n) is 6.62. The van der Waals surface area contributed by atoms with Crippen molar-refractivity contribution in [3.05, 3.63) is 43.2 Å². The average molecular weight is 296 g/mol. The maximum Gasteiger partial charge on any atom is 0.277 e. The Morgan fingerprint density at radius 3 is 2.50 bits per heavy atom. The Hall–Kier alpha value is -1.37. The van der Waals surface area contributed by atoms with Crippen LogP contribution in [0.1, 0.15) is 18.6 Å². The van der Waals surface area contributed by atoms with Crippen LogP contribution in [-0.2, 0) is 16.6 Å². The van der Waals surface area contributed by atoms with Crippen LogP contribution < -0.4 is 5.32 Å². The molecule has 2 rings (SSSR count). The summed E-state index contributed by atoms with van der Waals surface area (Å²) in [5.74, 6) is 0.632. The second-order valence-corrected chi connectivity index (χ2v) is 6.64. The molecule has 0 aromatic carbocycles. The highest BCUT2D eigenvalue weighted by Crippen LogP contribution is 2.22. The van der Waals surface area contributed by atoms with E-state index in [-0.39, 0.29) is 18.2 Å². The summed E-state index contributed by atoms with van der Waals surface area (Å²) in [5, 5.41) is 3.25. The van der Waals surface area contributed by atoms with Gasteiger partial charge in [-0.2, -0.15) is 4.31 Å². The van der Waals surface area contributed by atoms with E-state index in [9.17, 15) is 8.42 Å². The van der Waals surface area contributed by atoms with Gasteiger partial charge >= 0.3 is 0 Å². The number of furan rings is 1. The van der Waals surface area contributed by atoms with Gasteiger partial charge < -0.3 is 9.73 Å². The Morgan fingerprint density at radius 1 is 1.30 bits per heavy atom. The van der Waals surface area contributed by atoms with Crippen molar-refractivity contribution in [1.29, 1.82) is 0 Å². The summed E-state index contributed by atoms with van der Waals surface area (Å²) < 4.78 is 31.5. The molecule has 0 saturated heterocycles. The molecule has 1 saturated carbocycles. The average Bonchev–Trinajstić information content (AvgIpc) is 3.12. The number of hydrogen-bond acceptors (Lipinski definition) is 4. The van der Waals surface area contributed by atoms with Crippen LogP contribution in [0.4, 0.5) is 0 Å². The van der Waals surface area contributed by atoms with Crippen LogP contribution in [0, 0.1) is 0 Å². The summed E-state index contributed by atoms with van der Waals surface area (Å²) in [5.41, 5.74) is 0. The topological polar surface area (TPSA) is 62.6 Å². The molecule has 1 aromatic rings. The van der Waals surface area contributed by atoms with Crippen molar-refractivity contribution >= 4 is 10.0 Å². The van der Waals surface area contributed by atoms with E-state index in [1.807, 2.05) is 0 Å². The van der Waals surface area contributed by atoms with Crippen LogP contribution in [0.3, 0.4) is 0 Å². The normalized spacial score (nSPS) is 15.4. The van der Waals surface area contributed by atoms with Crippen LogP contribution in [-0.4, -0.2) is 31.9 Å². The molecule has 0 bridgehead atoms. The van der Waals surface area contributed by atoms with Crippen molar-refractivity contribution in [1.82, 2.24) is 9.62 Å². The minimum atomic E-state index is -3.63. The van der Waals surface area contributed by atoms with E-state index in [2.05, 4.69) is 18.5 Å². The lowest BCUT2D eigenvalue weighted by atomic mass is 10.4. The van der Waals surface area contributed by atoms with E-state index in [0.29, 0.717) is 18.3 Å². The molecule has 0 unspecified atom stereocenters. The molecule has 1 heterocycles. The quantitative estimate of drug-likeness (QED) is 0.707. The number of rotatable bonds is 9. The third kappa shape index (κ3) is 3.59. The van der Waals surface area contributed by atoms with E-state index in [1.165, 1.54) is 23.2 Å². The Bertz CT molecular complexity index is 563. The summed E-state index contributed by atoms with van der Waals surface area (Å²) in [7, 11) is -3.63. The van der Waals surface area contributed by atoms with Crippen molar-refractivity contribution in [3.63, 3.8) is 0 Å². The molecule has 1 fully saturated rings. The minimum absolute atomic E-state index is 0.0335. The maximum absolute atomic E-state index is 12.4. The molecule has 110 valence electrons. The lowest BCUT2D eigenvalue weighted by molar-refractivity contribution is 0.380. The van der Waals surface area contributed by atoms with Gasteiger partial charge in [0.1, 0.15) is 5.76 Å². The monoisotopic (exact) mass is 296 g/mol. The Kier molecular flexibility index (Phi) is 4.80. The fourth-order valence-corrected chi connectivity index (χ4v) is 3.12. The van der Waals surface area contributed by atoms with E-state index in [0.717, 1.165) is 0 Å². The van der Waals surface area contributed by atoms with Gasteiger partial charge in [-0.15, -0.1) is 13.2 Å². The van der Waals surface area contributed by atoms with Crippen LogP contribution in [0.2, 0.25) is 0 Å². The third-order valence-electron chi connectivity index (χ3n) is 3.04. The van der Waals surface area contributed by atoms with Crippen molar-refractivity contribution < 1.29 is 12.8 Å². The SMILES string of the molecule is C=CCN(CC=C)S(=O)(=O)c1ccc(CNC2CC2)o1. The molecule has 6 heteroatoms. The van der Waals surface area contributed by atoms with Crippen LogP contribution in [0.5, 0.6) is 0 Å². The molecular weight excluding hydrogens is 276 g/mol. The highest BCUT2D eigenvalue weighted by Gasteiger charge is 2.26. The number of nitrogens with zero attached hydrogens (tertiary/aromatic N) is 1. The lowest BCUT2D eigenvalue weighted by Gasteiger charge is -2.16. The number of nitrogens with one attached hydrogen (secondary N) is 1. The Balaban J connectivity index is 2.10. The zero-order valence-electron chi connectivity index (χ0n) is 11.4. The third-order valence-corrected chi connectivity index (χ3v) is 4.74. The molecular formula is C14H20N2O3S. The van der Waals surface area contributed by atoms with Crippen LogP contribution >= 0.6 is 0 Å². The zero-order valence-corrected chi connectivity index (χ0v) is 12.2. The fourth-order valence-electron chi connectivity index (χ4n) is 1.81. The van der Waals surface area contributed by atoms with Gasteiger partial charge in [0.15, 0.2) is 0 Å². The molecule has 20 heavy (non-hydrogen) atoms. The van der Waals surface area contributed by atoms with Gasteiger partial charge in [0.2, 0.25) is 5.09 Å². The molecule has 0 spiro atoms. The van der Waals surface area contributed by atoms with Gasteiger partial charge in [0.25, 0.3) is 10.0 Å². The Labute approximate surface area is 120 Å². The summed E-state index contributed by atoms with van der Waals surface area (Å²) >= 11 is 0. The molecule has 1 aliphatic rings. The molecule has 1 aliphatic carbocycles. The summed E-state index contributed by atoms with van der Waals surface area (Å²) in [6.45, 7) is 8.15. The second kappa shape index (κ2) is 6.39. The predicted molar refractivity (Wildman–Crippen MR) is 77.7 cm³/mol. The van der Waals surface area contributed by atoms with Gasteiger partial charge in [0, 0.05) is 19.1 Å². The number of sulfonamides is 1. The molecule has 0 radical (unpaired) electrons. The van der Waals surface area contributed by atoms with Crippen LogP contribution in [0.25, 0.3) is 0 Å². The van der Waals surface area contributed by atoms with E-state index >= 15 is 0 Å². The van der Waals surface area contributed by atoms with Crippen molar-refractivity contribution in [2.75, 3.05) is 13.1 Å². The molecule has 0 amide bonds. The van der Waals surface area contributed by atoms with Gasteiger partial charge in [-0.25, -0.2) is 8.42 Å². The summed E-state index contributed by atoms with van der Waals surface area (Å²) in [6.07, 6.45) is 5.44. The van der Waals surface area contributed by atoms with Crippen molar-refractivity contribution in [2.24, 2.45) is 0 Å². The first-order valence-corrected chi connectivity index (χ1v) is 8.06. The smallest absolute Gasteiger partial charge is 0.277 e. The standard InChI is InChI=1S/C14H20N2O3S/c1-3-9-16(10-4-2)20(17,18)14-8-7-13(19-14)11-15-12-5-6-12/h3-4,7-8,12,15H,1-2,5-6,9-11H2. The highest BCUT2D eigenvalue weighted by atomic mass is 32.2. The number of hydrogen-bond donors (Lipinski definition) is 1. The van der Waals surface area contributed by atoms with Gasteiger partial charge in [0.05, 0.1) is 6.54 Å². The highest BCUT2D eigenvalue weighted by molar-refractivity contribution is 7.89. The van der Waals surface area contributed by atoms with E-state index < -0.39 is 10.0 Å². The molecule has 0 atom stereocenters. The lowest BCUT2D eigenvalue weighted by Crippen LogP contribution is -2.31. The zero-order chi connectivity index (χ0) is 14.6. The van der Waals surface area contributed by atoms with Gasteiger partial charge in [-0.05, 0) is 25.0 Å². The molecule has 1 N–H and O–H groups in total. The maximum atomic E-state index is 12.4. The van der Waals surface area contributed by atoms with E-state index in [4.69, 9.17) is 4.42 Å². The largest absolute Gasteiger partial charge is 0.447 e. The van der Waals surface area contributed by atoms with Gasteiger partial charge in [-0.1, -0.05) is 12.2 Å². The minimum Gasteiger partial charge on any atom is -0.447 e. The molecule has 1 aromatic heterocycles. The molecule has 0 aliphatic heterocycles. The first-order chi connectivity index (χ1) is 9.57. The van der Waals surface area contributed by atoms with Crippen molar-refractivity contribution in [3.8, 4) is 0 Å². The van der Waals surface area contributed by atoms with Crippen LogP contribution in [0.15, 0.2) is 47.0 Å². The first kappa shape index (κ1) is 15.0. The molecule has 5 nitrogen and oxygen atoms in total. The van der Waals surface area contributed by atoms with E-state index in [1.54, 1.807) is 18.2 Å². The fraction of sp³-hybridized carbons (Fsp3) is 0.429. The predicted octanol–water partition coefficient (Wildman–Crippen LogP) is 1.89. The van der Waals surface area contributed by atoms with Crippen molar-refractivity contribution in [2.45, 2.75) is 30.5 Å². The summed E-state index contributed by atoms with van der Waals surface area (Å²) in [4.78, 5) is 0. The second-order valence-electron chi connectivity index (χ2n) is 4.78.